The first kappa shape index (κ1) is 15.7. The van der Waals surface area contributed by atoms with Crippen LogP contribution in [-0.4, -0.2) is 37.2 Å². The number of allylic oxidation sites excluding steroid dienone is 2. The van der Waals surface area contributed by atoms with Gasteiger partial charge in [0, 0.05) is 11.0 Å². The Morgan fingerprint density at radius 3 is 3.05 bits per heavy atom. The second-order valence-electron chi connectivity index (χ2n) is 4.36. The number of halogens is 1. The number of alkyl halides is 1. The molecule has 21 heavy (non-hydrogen) atoms. The molecule has 1 aromatic rings. The predicted octanol–water partition coefficient (Wildman–Crippen LogP) is 2.96. The molecular weight excluding hydrogens is 291 g/mol. The zero-order valence-corrected chi connectivity index (χ0v) is 12.5. The first-order chi connectivity index (χ1) is 10.4. The SMILES string of the molecule is FCCOCCO/N=C1/C=C(C#Cc2cscn2)CCC1. The largest absolute Gasteiger partial charge is 0.393 e. The predicted molar refractivity (Wildman–Crippen MR) is 81.1 cm³/mol. The van der Waals surface area contributed by atoms with Crippen LogP contribution in [0, 0.1) is 11.8 Å². The van der Waals surface area contributed by atoms with Crippen molar-refractivity contribution in [3.63, 3.8) is 0 Å². The third-order valence-electron chi connectivity index (χ3n) is 2.73. The fourth-order valence-electron chi connectivity index (χ4n) is 1.78. The van der Waals surface area contributed by atoms with Crippen molar-refractivity contribution in [3.05, 3.63) is 28.2 Å². The summed E-state index contributed by atoms with van der Waals surface area (Å²) in [6, 6.07) is 0. The van der Waals surface area contributed by atoms with Crippen molar-refractivity contribution in [1.82, 2.24) is 4.98 Å². The van der Waals surface area contributed by atoms with E-state index >= 15 is 0 Å². The standard InChI is InChI=1S/C15H17FN2O2S/c16-6-7-19-8-9-20-18-14-3-1-2-13(10-14)4-5-15-11-21-12-17-15/h10-12H,1-3,6-9H2/b18-14+. The van der Waals surface area contributed by atoms with Crippen LogP contribution in [0.1, 0.15) is 25.0 Å². The van der Waals surface area contributed by atoms with Crippen molar-refractivity contribution in [2.75, 3.05) is 26.5 Å². The molecule has 0 N–H and O–H groups in total. The van der Waals surface area contributed by atoms with Crippen LogP contribution in [0.25, 0.3) is 0 Å². The number of ether oxygens (including phenoxy) is 1. The molecule has 6 heteroatoms. The van der Waals surface area contributed by atoms with Gasteiger partial charge in [-0.1, -0.05) is 11.1 Å². The second kappa shape index (κ2) is 9.27. The minimum absolute atomic E-state index is 0.107. The Hall–Kier alpha value is -1.71. The molecular formula is C15H17FN2O2S. The van der Waals surface area contributed by atoms with Crippen LogP contribution in [0.4, 0.5) is 4.39 Å². The summed E-state index contributed by atoms with van der Waals surface area (Å²) >= 11 is 1.53. The van der Waals surface area contributed by atoms with Crippen LogP contribution in [0.15, 0.2) is 27.7 Å². The normalized spacial score (nSPS) is 16.2. The molecule has 0 atom stereocenters. The van der Waals surface area contributed by atoms with Gasteiger partial charge < -0.3 is 9.57 Å². The van der Waals surface area contributed by atoms with Gasteiger partial charge in [-0.3, -0.25) is 0 Å². The summed E-state index contributed by atoms with van der Waals surface area (Å²) in [5.74, 6) is 6.16. The highest BCUT2D eigenvalue weighted by Crippen LogP contribution is 2.15. The average molecular weight is 308 g/mol. The molecule has 112 valence electrons. The van der Waals surface area contributed by atoms with E-state index in [1.807, 2.05) is 11.5 Å². The number of thiazole rings is 1. The van der Waals surface area contributed by atoms with Gasteiger partial charge in [0.1, 0.15) is 19.0 Å². The lowest BCUT2D eigenvalue weighted by Crippen LogP contribution is -2.07. The topological polar surface area (TPSA) is 43.7 Å². The highest BCUT2D eigenvalue weighted by molar-refractivity contribution is 7.07. The molecule has 0 spiro atoms. The molecule has 1 aliphatic carbocycles. The zero-order valence-electron chi connectivity index (χ0n) is 11.7. The van der Waals surface area contributed by atoms with Gasteiger partial charge >= 0.3 is 0 Å². The second-order valence-corrected chi connectivity index (χ2v) is 5.08. The maximum atomic E-state index is 11.8. The number of nitrogens with zero attached hydrogens (tertiary/aromatic N) is 2. The Kier molecular flexibility index (Phi) is 6.92. The molecule has 0 unspecified atom stereocenters. The molecule has 0 fully saturated rings. The summed E-state index contributed by atoms with van der Waals surface area (Å²) in [5.41, 5.74) is 4.50. The first-order valence-electron chi connectivity index (χ1n) is 6.82. The van der Waals surface area contributed by atoms with Crippen molar-refractivity contribution >= 4 is 17.0 Å². The van der Waals surface area contributed by atoms with Crippen molar-refractivity contribution < 1.29 is 14.0 Å². The van der Waals surface area contributed by atoms with E-state index in [-0.39, 0.29) is 6.61 Å². The Bertz CT molecular complexity index is 544. The highest BCUT2D eigenvalue weighted by atomic mass is 32.1. The molecule has 1 aromatic heterocycles. The average Bonchev–Trinajstić information content (AvgIpc) is 3.03. The summed E-state index contributed by atoms with van der Waals surface area (Å²) < 4.78 is 16.8. The molecule has 0 saturated carbocycles. The lowest BCUT2D eigenvalue weighted by Gasteiger charge is -2.09. The zero-order chi connectivity index (χ0) is 14.8. The molecule has 0 aromatic carbocycles. The summed E-state index contributed by atoms with van der Waals surface area (Å²) in [4.78, 5) is 9.28. The van der Waals surface area contributed by atoms with Crippen LogP contribution in [0.2, 0.25) is 0 Å². The highest BCUT2D eigenvalue weighted by Gasteiger charge is 2.07. The van der Waals surface area contributed by atoms with Crippen molar-refractivity contribution in [3.8, 4) is 11.8 Å². The first-order valence-corrected chi connectivity index (χ1v) is 7.76. The molecule has 0 bridgehead atoms. The van der Waals surface area contributed by atoms with Gasteiger partial charge in [-0.2, -0.15) is 0 Å². The van der Waals surface area contributed by atoms with E-state index in [0.717, 1.165) is 36.2 Å². The van der Waals surface area contributed by atoms with Crippen LogP contribution in [-0.2, 0) is 9.57 Å². The summed E-state index contributed by atoms with van der Waals surface area (Å²) in [5, 5.41) is 5.98. The van der Waals surface area contributed by atoms with E-state index in [1.165, 1.54) is 11.3 Å². The molecule has 4 nitrogen and oxygen atoms in total. The van der Waals surface area contributed by atoms with E-state index in [9.17, 15) is 4.39 Å². The van der Waals surface area contributed by atoms with Crippen molar-refractivity contribution in [1.29, 1.82) is 0 Å². The molecule has 0 amide bonds. The van der Waals surface area contributed by atoms with Crippen molar-refractivity contribution in [2.24, 2.45) is 5.16 Å². The quantitative estimate of drug-likeness (QED) is 0.461. The van der Waals surface area contributed by atoms with Gasteiger partial charge in [0.05, 0.1) is 24.4 Å². The van der Waals surface area contributed by atoms with E-state index < -0.39 is 6.67 Å². The van der Waals surface area contributed by atoms with E-state index in [4.69, 9.17) is 9.57 Å². The van der Waals surface area contributed by atoms with E-state index in [0.29, 0.717) is 13.2 Å². The number of rotatable bonds is 6. The molecule has 2 rings (SSSR count). The van der Waals surface area contributed by atoms with Crippen LogP contribution in [0.5, 0.6) is 0 Å². The van der Waals surface area contributed by atoms with Gasteiger partial charge in [-0.05, 0) is 31.3 Å². The Labute approximate surface area is 127 Å². The Morgan fingerprint density at radius 1 is 1.29 bits per heavy atom. The van der Waals surface area contributed by atoms with Crippen LogP contribution < -0.4 is 0 Å². The van der Waals surface area contributed by atoms with Crippen LogP contribution in [0.3, 0.4) is 0 Å². The van der Waals surface area contributed by atoms with E-state index in [2.05, 4.69) is 22.0 Å². The minimum Gasteiger partial charge on any atom is -0.393 e. The van der Waals surface area contributed by atoms with Crippen LogP contribution >= 0.6 is 11.3 Å². The molecule has 0 aliphatic heterocycles. The fourth-order valence-corrected chi connectivity index (χ4v) is 2.26. The summed E-state index contributed by atoms with van der Waals surface area (Å²) in [6.45, 7) is 0.312. The van der Waals surface area contributed by atoms with Crippen molar-refractivity contribution in [2.45, 2.75) is 19.3 Å². The molecule has 0 saturated heterocycles. The smallest absolute Gasteiger partial charge is 0.140 e. The van der Waals surface area contributed by atoms with Gasteiger partial charge in [0.25, 0.3) is 0 Å². The maximum Gasteiger partial charge on any atom is 0.140 e. The number of hydrogen-bond acceptors (Lipinski definition) is 5. The Morgan fingerprint density at radius 2 is 2.24 bits per heavy atom. The lowest BCUT2D eigenvalue weighted by molar-refractivity contribution is 0.0454. The van der Waals surface area contributed by atoms with Gasteiger partial charge in [-0.15, -0.1) is 11.3 Å². The maximum absolute atomic E-state index is 11.8. The lowest BCUT2D eigenvalue weighted by atomic mass is 9.98. The molecule has 1 aliphatic rings. The van der Waals surface area contributed by atoms with Gasteiger partial charge in [0.15, 0.2) is 0 Å². The number of aromatic nitrogens is 1. The Balaban J connectivity index is 1.82. The number of oxime groups is 1. The number of hydrogen-bond donors (Lipinski definition) is 0. The minimum atomic E-state index is -0.474. The fraction of sp³-hybridized carbons (Fsp3) is 0.467. The third-order valence-corrected chi connectivity index (χ3v) is 3.31. The third kappa shape index (κ3) is 6.06. The summed E-state index contributed by atoms with van der Waals surface area (Å²) in [7, 11) is 0. The van der Waals surface area contributed by atoms with Gasteiger partial charge in [-0.25, -0.2) is 9.37 Å². The van der Waals surface area contributed by atoms with E-state index in [1.54, 1.807) is 5.51 Å². The molecule has 0 radical (unpaired) electrons. The monoisotopic (exact) mass is 308 g/mol. The summed E-state index contributed by atoms with van der Waals surface area (Å²) in [6.07, 6.45) is 4.81. The molecule has 1 heterocycles. The van der Waals surface area contributed by atoms with Gasteiger partial charge in [0.2, 0.25) is 0 Å².